The molecule has 0 saturated carbocycles. The largest absolute Gasteiger partial charge is 0.494 e. The fraction of sp³-hybridized carbons (Fsp3) is 0.500. The average Bonchev–Trinajstić information content (AvgIpc) is 3.47. The molecule has 0 atom stereocenters. The van der Waals surface area contributed by atoms with Crippen LogP contribution in [0.2, 0.25) is 0 Å². The highest BCUT2D eigenvalue weighted by Gasteiger charge is 2.22. The fourth-order valence-electron chi connectivity index (χ4n) is 3.99. The smallest absolute Gasteiger partial charge is 0.127 e. The number of fused-ring (bicyclic) bond motifs is 1. The summed E-state index contributed by atoms with van der Waals surface area (Å²) in [5.41, 5.74) is 4.78. The van der Waals surface area contributed by atoms with E-state index in [1.54, 1.807) is 0 Å². The first-order valence-electron chi connectivity index (χ1n) is 11.6. The number of aromatic nitrogens is 1. The normalized spacial score (nSPS) is 17.1. The summed E-state index contributed by atoms with van der Waals surface area (Å²) in [5, 5.41) is 7.34. The molecule has 1 N–H and O–H groups in total. The lowest BCUT2D eigenvalue weighted by atomic mass is 10.1. The van der Waals surface area contributed by atoms with E-state index in [1.807, 2.05) is 32.3 Å². The minimum atomic E-state index is 0.608. The number of pyridine rings is 1. The van der Waals surface area contributed by atoms with E-state index in [2.05, 4.69) is 54.4 Å². The Morgan fingerprint density at radius 2 is 2.06 bits per heavy atom. The predicted molar refractivity (Wildman–Crippen MR) is 133 cm³/mol. The van der Waals surface area contributed by atoms with Crippen LogP contribution in [0.1, 0.15) is 43.7 Å². The van der Waals surface area contributed by atoms with Crippen LogP contribution in [0.3, 0.4) is 0 Å². The number of benzene rings is 1. The highest BCUT2D eigenvalue weighted by molar-refractivity contribution is 7.98. The minimum absolute atomic E-state index is 0.608. The number of hydrogen-bond donors (Lipinski definition) is 1. The van der Waals surface area contributed by atoms with Gasteiger partial charge in [0.2, 0.25) is 0 Å². The third kappa shape index (κ3) is 5.86. The van der Waals surface area contributed by atoms with Gasteiger partial charge in [0.1, 0.15) is 18.2 Å². The fourth-order valence-corrected chi connectivity index (χ4v) is 5.02. The van der Waals surface area contributed by atoms with Gasteiger partial charge in [0.25, 0.3) is 0 Å². The van der Waals surface area contributed by atoms with Gasteiger partial charge in [-0.2, -0.15) is 0 Å². The molecule has 0 amide bonds. The molecule has 0 spiro atoms. The van der Waals surface area contributed by atoms with E-state index in [0.29, 0.717) is 6.61 Å². The molecular weight excluding hydrogens is 422 g/mol. The Morgan fingerprint density at radius 3 is 2.94 bits per heavy atom. The van der Waals surface area contributed by atoms with Crippen molar-refractivity contribution in [3.8, 4) is 5.75 Å². The van der Waals surface area contributed by atoms with Gasteiger partial charge in [-0.25, -0.2) is 9.29 Å². The molecule has 172 valence electrons. The van der Waals surface area contributed by atoms with E-state index in [-0.39, 0.29) is 0 Å². The third-order valence-electron chi connectivity index (χ3n) is 5.70. The van der Waals surface area contributed by atoms with Crippen molar-refractivity contribution in [2.75, 3.05) is 49.5 Å². The monoisotopic (exact) mass is 455 g/mol. The number of anilines is 2. The van der Waals surface area contributed by atoms with Gasteiger partial charge in [0, 0.05) is 56.6 Å². The molecule has 2 heterocycles. The van der Waals surface area contributed by atoms with Crippen LogP contribution in [0, 0.1) is 0 Å². The molecule has 1 aliphatic carbocycles. The topological polar surface area (TPSA) is 62.2 Å². The maximum Gasteiger partial charge on any atom is 0.127 e. The summed E-state index contributed by atoms with van der Waals surface area (Å²) in [5.74, 6) is 1.87. The van der Waals surface area contributed by atoms with E-state index in [0.717, 1.165) is 62.8 Å². The van der Waals surface area contributed by atoms with Crippen LogP contribution in [-0.2, 0) is 11.3 Å². The maximum atomic E-state index is 6.01. The third-order valence-corrected chi connectivity index (χ3v) is 6.88. The molecule has 32 heavy (non-hydrogen) atoms. The van der Waals surface area contributed by atoms with Crippen molar-refractivity contribution in [1.82, 2.24) is 9.29 Å². The first-order chi connectivity index (χ1) is 15.8. The van der Waals surface area contributed by atoms with Gasteiger partial charge >= 0.3 is 0 Å². The lowest BCUT2D eigenvalue weighted by Gasteiger charge is -2.18. The minimum Gasteiger partial charge on any atom is -0.494 e. The second-order valence-electron chi connectivity index (χ2n) is 7.95. The predicted octanol–water partition coefficient (Wildman–Crippen LogP) is 4.74. The second kappa shape index (κ2) is 11.4. The Hall–Kier alpha value is -2.45. The maximum absolute atomic E-state index is 6.01. The van der Waals surface area contributed by atoms with Crippen molar-refractivity contribution in [2.24, 2.45) is 5.16 Å². The van der Waals surface area contributed by atoms with Gasteiger partial charge in [-0.15, -0.1) is 0 Å². The molecule has 8 heteroatoms. The molecule has 2 aliphatic rings. The molecule has 1 aromatic heterocycles. The van der Waals surface area contributed by atoms with Gasteiger partial charge in [0.05, 0.1) is 18.0 Å². The second-order valence-corrected chi connectivity index (χ2v) is 9.07. The summed E-state index contributed by atoms with van der Waals surface area (Å²) in [6, 6.07) is 10.5. The summed E-state index contributed by atoms with van der Waals surface area (Å²) in [7, 11) is 1.90. The standard InChI is InChI=1S/C24H33N5O2S/c1-3-31-27-23-10-7-19-17-21(8-9-22(19)23)30-16-6-4-5-13-28-14-15-29(32-28)20-11-12-26-24(18-20)25-2/h8-9,11-12,17-18H,3-7,10,13-16H2,1-2H3,(H,25,26)/b27-23+. The van der Waals surface area contributed by atoms with Crippen LogP contribution in [0.4, 0.5) is 11.5 Å². The number of ether oxygens (including phenoxy) is 1. The van der Waals surface area contributed by atoms with Crippen molar-refractivity contribution in [3.05, 3.63) is 47.7 Å². The molecule has 4 rings (SSSR count). The Balaban J connectivity index is 1.13. The quantitative estimate of drug-likeness (QED) is 0.298. The van der Waals surface area contributed by atoms with Crippen molar-refractivity contribution < 1.29 is 9.57 Å². The van der Waals surface area contributed by atoms with Crippen LogP contribution in [0.5, 0.6) is 5.75 Å². The molecule has 1 fully saturated rings. The van der Waals surface area contributed by atoms with Gasteiger partial charge < -0.3 is 19.2 Å². The molecule has 1 saturated heterocycles. The Bertz CT molecular complexity index is 923. The summed E-state index contributed by atoms with van der Waals surface area (Å²) in [6.45, 7) is 6.56. The van der Waals surface area contributed by atoms with Crippen LogP contribution >= 0.6 is 12.1 Å². The van der Waals surface area contributed by atoms with E-state index in [4.69, 9.17) is 9.57 Å². The van der Waals surface area contributed by atoms with Crippen molar-refractivity contribution in [2.45, 2.75) is 39.0 Å². The Kier molecular flexibility index (Phi) is 8.12. The zero-order valence-corrected chi connectivity index (χ0v) is 19.9. The van der Waals surface area contributed by atoms with Crippen LogP contribution in [0.25, 0.3) is 0 Å². The first kappa shape index (κ1) is 22.7. The number of hydrogen-bond acceptors (Lipinski definition) is 8. The Morgan fingerprint density at radius 1 is 1.12 bits per heavy atom. The zero-order valence-electron chi connectivity index (χ0n) is 19.0. The molecular formula is C24H33N5O2S. The molecule has 0 unspecified atom stereocenters. The van der Waals surface area contributed by atoms with Gasteiger partial charge in [-0.3, -0.25) is 0 Å². The number of rotatable bonds is 11. The highest BCUT2D eigenvalue weighted by atomic mass is 32.2. The van der Waals surface area contributed by atoms with Gasteiger partial charge in [-0.05, 0) is 68.9 Å². The number of oxime groups is 1. The van der Waals surface area contributed by atoms with Gasteiger partial charge in [0.15, 0.2) is 0 Å². The van der Waals surface area contributed by atoms with Crippen LogP contribution in [-0.4, -0.2) is 54.9 Å². The zero-order chi connectivity index (χ0) is 22.2. The van der Waals surface area contributed by atoms with Crippen LogP contribution in [0.15, 0.2) is 41.7 Å². The lowest BCUT2D eigenvalue weighted by Crippen LogP contribution is -2.14. The van der Waals surface area contributed by atoms with E-state index >= 15 is 0 Å². The van der Waals surface area contributed by atoms with Crippen molar-refractivity contribution in [1.29, 1.82) is 0 Å². The summed E-state index contributed by atoms with van der Waals surface area (Å²) >= 11 is 1.82. The lowest BCUT2D eigenvalue weighted by molar-refractivity contribution is 0.158. The van der Waals surface area contributed by atoms with Crippen LogP contribution < -0.4 is 14.4 Å². The van der Waals surface area contributed by atoms with Gasteiger partial charge in [-0.1, -0.05) is 5.16 Å². The molecule has 2 aromatic rings. The summed E-state index contributed by atoms with van der Waals surface area (Å²) in [6.07, 6.45) is 7.25. The van der Waals surface area contributed by atoms with E-state index in [9.17, 15) is 0 Å². The number of nitrogens with zero attached hydrogens (tertiary/aromatic N) is 4. The molecule has 0 radical (unpaired) electrons. The number of unbranched alkanes of at least 4 members (excludes halogenated alkanes) is 2. The SMILES string of the molecule is CCO/N=C1\CCc2cc(OCCCCCN3CCN(c4ccnc(NC)c4)S3)ccc21. The Labute approximate surface area is 195 Å². The highest BCUT2D eigenvalue weighted by Crippen LogP contribution is 2.31. The number of nitrogens with one attached hydrogen (secondary N) is 1. The first-order valence-corrected chi connectivity index (χ1v) is 12.3. The average molecular weight is 456 g/mol. The summed E-state index contributed by atoms with van der Waals surface area (Å²) in [4.78, 5) is 9.52. The number of aryl methyl sites for hydroxylation is 1. The summed E-state index contributed by atoms with van der Waals surface area (Å²) < 4.78 is 10.8. The van der Waals surface area contributed by atoms with Crippen molar-refractivity contribution >= 4 is 29.4 Å². The molecule has 7 nitrogen and oxygen atoms in total. The van der Waals surface area contributed by atoms with E-state index in [1.165, 1.54) is 29.7 Å². The van der Waals surface area contributed by atoms with E-state index < -0.39 is 0 Å². The molecule has 0 bridgehead atoms. The molecule has 1 aromatic carbocycles. The molecule has 1 aliphatic heterocycles. The van der Waals surface area contributed by atoms with Crippen molar-refractivity contribution in [3.63, 3.8) is 0 Å².